The summed E-state index contributed by atoms with van der Waals surface area (Å²) in [6.07, 6.45) is 1.02. The predicted octanol–water partition coefficient (Wildman–Crippen LogP) is 3.52. The van der Waals surface area contributed by atoms with Crippen LogP contribution in [0.1, 0.15) is 27.0 Å². The lowest BCUT2D eigenvalue weighted by Gasteiger charge is -2.09. The number of amides is 1. The molecule has 1 aliphatic rings. The summed E-state index contributed by atoms with van der Waals surface area (Å²) in [5.74, 6) is -0.0478. The molecule has 1 heterocycles. The van der Waals surface area contributed by atoms with E-state index in [-0.39, 0.29) is 5.91 Å². The van der Waals surface area contributed by atoms with Gasteiger partial charge < -0.3 is 10.6 Å². The van der Waals surface area contributed by atoms with Crippen LogP contribution in [0.2, 0.25) is 0 Å². The number of fused-ring (bicyclic) bond motifs is 1. The molecule has 0 saturated heterocycles. The first-order chi connectivity index (χ1) is 9.63. The van der Waals surface area contributed by atoms with Crippen LogP contribution in [-0.2, 0) is 6.42 Å². The largest absolute Gasteiger partial charge is 0.384 e. The Hall–Kier alpha value is -2.29. The van der Waals surface area contributed by atoms with E-state index in [4.69, 9.17) is 0 Å². The van der Waals surface area contributed by atoms with E-state index in [9.17, 15) is 4.79 Å². The van der Waals surface area contributed by atoms with E-state index in [1.54, 1.807) is 0 Å². The molecule has 1 amide bonds. The number of anilines is 2. The Morgan fingerprint density at radius 3 is 2.80 bits per heavy atom. The zero-order valence-electron chi connectivity index (χ0n) is 11.8. The van der Waals surface area contributed by atoms with Crippen molar-refractivity contribution in [3.8, 4) is 0 Å². The molecule has 3 rings (SSSR count). The Labute approximate surface area is 119 Å². The average molecular weight is 266 g/mol. The second kappa shape index (κ2) is 5.00. The lowest BCUT2D eigenvalue weighted by Crippen LogP contribution is -2.13. The SMILES string of the molecule is Cc1ccc(C(=O)Nc2ccc3c(c2)CCN3)c(C)c1. The van der Waals surface area contributed by atoms with Gasteiger partial charge in [0.1, 0.15) is 0 Å². The Bertz CT molecular complexity index is 677. The number of aryl methyl sites for hydroxylation is 2. The smallest absolute Gasteiger partial charge is 0.255 e. The number of hydrogen-bond acceptors (Lipinski definition) is 2. The van der Waals surface area contributed by atoms with Gasteiger partial charge in [-0.25, -0.2) is 0 Å². The first-order valence-electron chi connectivity index (χ1n) is 6.89. The fraction of sp³-hybridized carbons (Fsp3) is 0.235. The Balaban J connectivity index is 1.82. The number of hydrogen-bond donors (Lipinski definition) is 2. The van der Waals surface area contributed by atoms with Crippen molar-refractivity contribution in [1.82, 2.24) is 0 Å². The molecule has 0 atom stereocenters. The number of carbonyl (C=O) groups is 1. The number of nitrogens with one attached hydrogen (secondary N) is 2. The van der Waals surface area contributed by atoms with Gasteiger partial charge >= 0.3 is 0 Å². The monoisotopic (exact) mass is 266 g/mol. The summed E-state index contributed by atoms with van der Waals surface area (Å²) in [6.45, 7) is 4.97. The van der Waals surface area contributed by atoms with Crippen molar-refractivity contribution in [3.05, 3.63) is 58.7 Å². The van der Waals surface area contributed by atoms with E-state index in [0.717, 1.165) is 29.8 Å². The van der Waals surface area contributed by atoms with Gasteiger partial charge in [0.2, 0.25) is 0 Å². The van der Waals surface area contributed by atoms with E-state index >= 15 is 0 Å². The van der Waals surface area contributed by atoms with E-state index in [0.29, 0.717) is 0 Å². The lowest BCUT2D eigenvalue weighted by atomic mass is 10.0. The molecule has 1 aliphatic heterocycles. The molecule has 0 unspecified atom stereocenters. The number of carbonyl (C=O) groups excluding carboxylic acids is 1. The van der Waals surface area contributed by atoms with E-state index in [2.05, 4.69) is 16.7 Å². The molecule has 2 aromatic carbocycles. The van der Waals surface area contributed by atoms with Crippen LogP contribution in [-0.4, -0.2) is 12.5 Å². The van der Waals surface area contributed by atoms with Gasteiger partial charge in [-0.15, -0.1) is 0 Å². The first-order valence-corrected chi connectivity index (χ1v) is 6.89. The summed E-state index contributed by atoms with van der Waals surface area (Å²) in [7, 11) is 0. The van der Waals surface area contributed by atoms with Gasteiger partial charge in [0.05, 0.1) is 0 Å². The molecular formula is C17H18N2O. The van der Waals surface area contributed by atoms with Crippen LogP contribution in [0.25, 0.3) is 0 Å². The third-order valence-corrected chi connectivity index (χ3v) is 3.70. The topological polar surface area (TPSA) is 41.1 Å². The number of rotatable bonds is 2. The van der Waals surface area contributed by atoms with E-state index in [1.807, 2.05) is 44.2 Å². The molecule has 0 bridgehead atoms. The van der Waals surface area contributed by atoms with Gasteiger partial charge in [-0.2, -0.15) is 0 Å². The molecule has 20 heavy (non-hydrogen) atoms. The Morgan fingerprint density at radius 1 is 1.15 bits per heavy atom. The van der Waals surface area contributed by atoms with Crippen molar-refractivity contribution in [2.45, 2.75) is 20.3 Å². The van der Waals surface area contributed by atoms with Gasteiger partial charge in [0.15, 0.2) is 0 Å². The highest BCUT2D eigenvalue weighted by molar-refractivity contribution is 6.05. The van der Waals surface area contributed by atoms with Crippen molar-refractivity contribution in [2.75, 3.05) is 17.2 Å². The summed E-state index contributed by atoms with van der Waals surface area (Å²) >= 11 is 0. The summed E-state index contributed by atoms with van der Waals surface area (Å²) in [6, 6.07) is 11.9. The summed E-state index contributed by atoms with van der Waals surface area (Å²) < 4.78 is 0. The fourth-order valence-corrected chi connectivity index (χ4v) is 2.65. The molecule has 0 fully saturated rings. The molecule has 0 radical (unpaired) electrons. The quantitative estimate of drug-likeness (QED) is 0.873. The van der Waals surface area contributed by atoms with E-state index in [1.165, 1.54) is 16.8 Å². The van der Waals surface area contributed by atoms with Crippen molar-refractivity contribution in [2.24, 2.45) is 0 Å². The second-order valence-corrected chi connectivity index (χ2v) is 5.32. The van der Waals surface area contributed by atoms with Crippen LogP contribution in [0, 0.1) is 13.8 Å². The maximum Gasteiger partial charge on any atom is 0.255 e. The highest BCUT2D eigenvalue weighted by Crippen LogP contribution is 2.25. The van der Waals surface area contributed by atoms with Crippen LogP contribution in [0.4, 0.5) is 11.4 Å². The molecular weight excluding hydrogens is 248 g/mol. The molecule has 0 aromatic heterocycles. The maximum atomic E-state index is 12.3. The second-order valence-electron chi connectivity index (χ2n) is 5.32. The van der Waals surface area contributed by atoms with Gasteiger partial charge in [0.25, 0.3) is 5.91 Å². The Morgan fingerprint density at radius 2 is 2.00 bits per heavy atom. The van der Waals surface area contributed by atoms with Crippen molar-refractivity contribution in [1.29, 1.82) is 0 Å². The lowest BCUT2D eigenvalue weighted by molar-refractivity contribution is 0.102. The first kappa shape index (κ1) is 12.7. The van der Waals surface area contributed by atoms with Crippen LogP contribution in [0.5, 0.6) is 0 Å². The number of benzene rings is 2. The highest BCUT2D eigenvalue weighted by Gasteiger charge is 2.13. The van der Waals surface area contributed by atoms with Crippen LogP contribution < -0.4 is 10.6 Å². The minimum Gasteiger partial charge on any atom is -0.384 e. The molecule has 0 spiro atoms. The van der Waals surface area contributed by atoms with Crippen molar-refractivity contribution in [3.63, 3.8) is 0 Å². The van der Waals surface area contributed by atoms with Crippen molar-refractivity contribution >= 4 is 17.3 Å². The fourth-order valence-electron chi connectivity index (χ4n) is 2.65. The third-order valence-electron chi connectivity index (χ3n) is 3.70. The van der Waals surface area contributed by atoms with Crippen molar-refractivity contribution < 1.29 is 4.79 Å². The van der Waals surface area contributed by atoms with Crippen LogP contribution in [0.3, 0.4) is 0 Å². The Kier molecular flexibility index (Phi) is 3.18. The standard InChI is InChI=1S/C17H18N2O/c1-11-3-5-15(12(2)9-11)17(20)19-14-4-6-16-13(10-14)7-8-18-16/h3-6,9-10,18H,7-8H2,1-2H3,(H,19,20). The summed E-state index contributed by atoms with van der Waals surface area (Å²) in [5, 5.41) is 6.30. The molecule has 3 nitrogen and oxygen atoms in total. The average Bonchev–Trinajstić information content (AvgIpc) is 2.85. The summed E-state index contributed by atoms with van der Waals surface area (Å²) in [4.78, 5) is 12.3. The molecule has 0 saturated carbocycles. The zero-order chi connectivity index (χ0) is 14.1. The maximum absolute atomic E-state index is 12.3. The molecule has 3 heteroatoms. The van der Waals surface area contributed by atoms with Gasteiger partial charge in [0, 0.05) is 23.5 Å². The van der Waals surface area contributed by atoms with Crippen LogP contribution >= 0.6 is 0 Å². The van der Waals surface area contributed by atoms with E-state index < -0.39 is 0 Å². The normalized spacial score (nSPS) is 12.7. The molecule has 2 N–H and O–H groups in total. The van der Waals surface area contributed by atoms with Gasteiger partial charge in [-0.3, -0.25) is 4.79 Å². The van der Waals surface area contributed by atoms with Gasteiger partial charge in [-0.05, 0) is 55.7 Å². The molecule has 2 aromatic rings. The minimum atomic E-state index is -0.0478. The summed E-state index contributed by atoms with van der Waals surface area (Å²) in [5.41, 5.74) is 6.21. The van der Waals surface area contributed by atoms with Gasteiger partial charge in [-0.1, -0.05) is 17.7 Å². The minimum absolute atomic E-state index is 0.0478. The van der Waals surface area contributed by atoms with Crippen LogP contribution in [0.15, 0.2) is 36.4 Å². The highest BCUT2D eigenvalue weighted by atomic mass is 16.1. The molecule has 0 aliphatic carbocycles. The molecule has 102 valence electrons. The zero-order valence-corrected chi connectivity index (χ0v) is 11.8. The predicted molar refractivity (Wildman–Crippen MR) is 82.5 cm³/mol. The third kappa shape index (κ3) is 2.39.